The van der Waals surface area contributed by atoms with Gasteiger partial charge in [0.2, 0.25) is 5.95 Å². The molecule has 170 valence electrons. The van der Waals surface area contributed by atoms with Gasteiger partial charge in [-0.3, -0.25) is 4.90 Å². The van der Waals surface area contributed by atoms with Crippen LogP contribution in [0, 0.1) is 24.4 Å². The van der Waals surface area contributed by atoms with Crippen LogP contribution in [0.15, 0.2) is 36.7 Å². The van der Waals surface area contributed by atoms with Gasteiger partial charge in [-0.15, -0.1) is 5.10 Å². The number of ether oxygens (including phenoxy) is 1. The summed E-state index contributed by atoms with van der Waals surface area (Å²) in [5.74, 6) is -3.16. The fraction of sp³-hybridized carbons (Fsp3) is 0.364. The lowest BCUT2D eigenvalue weighted by atomic mass is 10.1. The largest absolute Gasteiger partial charge is 0.378 e. The summed E-state index contributed by atoms with van der Waals surface area (Å²) in [4.78, 5) is 8.91. The minimum atomic E-state index is -1.28. The minimum Gasteiger partial charge on any atom is -0.378 e. The molecule has 1 aromatic heterocycles. The molecule has 3 aromatic rings. The summed E-state index contributed by atoms with van der Waals surface area (Å²) in [6.07, 6.45) is 1.21. The summed E-state index contributed by atoms with van der Waals surface area (Å²) in [7, 11) is 0. The second kappa shape index (κ2) is 8.44. The third-order valence-electron chi connectivity index (χ3n) is 5.85. The maximum Gasteiger partial charge on any atom is 0.246 e. The van der Waals surface area contributed by atoms with Gasteiger partial charge in [0.15, 0.2) is 11.6 Å². The molecule has 7 nitrogen and oxygen atoms in total. The van der Waals surface area contributed by atoms with Crippen LogP contribution >= 0.6 is 0 Å². The maximum absolute atomic E-state index is 14.1. The van der Waals surface area contributed by atoms with Gasteiger partial charge in [0.1, 0.15) is 17.8 Å². The van der Waals surface area contributed by atoms with Crippen molar-refractivity contribution in [3.8, 4) is 5.69 Å². The molecule has 0 spiro atoms. The van der Waals surface area contributed by atoms with Crippen molar-refractivity contribution in [3.05, 3.63) is 59.7 Å². The standard InChI is InChI=1S/C22H23F3N6O.H2/c1-14-6-16(10-17(7-14)29-2-4-30(5-3-29)18-11-32-12-18)27-22-26-13-31(28-22)20-9-15(23)8-19(24)21(20)25;/h6-10,13,18H,2-5,11-12H2,1H3,(H,27,28);1H. The number of anilines is 3. The summed E-state index contributed by atoms with van der Waals surface area (Å²) in [6.45, 7) is 7.49. The molecule has 2 aliphatic heterocycles. The number of halogens is 3. The Morgan fingerprint density at radius 3 is 2.53 bits per heavy atom. The van der Waals surface area contributed by atoms with E-state index in [1.165, 1.54) is 6.33 Å². The Bertz CT molecular complexity index is 1130. The van der Waals surface area contributed by atoms with Crippen molar-refractivity contribution < 1.29 is 19.3 Å². The molecular weight excluding hydrogens is 421 g/mol. The molecule has 0 bridgehead atoms. The lowest BCUT2D eigenvalue weighted by molar-refractivity contribution is -0.0660. The molecule has 32 heavy (non-hydrogen) atoms. The van der Waals surface area contributed by atoms with E-state index in [0.717, 1.165) is 67.1 Å². The quantitative estimate of drug-likeness (QED) is 0.606. The molecule has 2 aliphatic rings. The molecule has 0 amide bonds. The maximum atomic E-state index is 14.1. The summed E-state index contributed by atoms with van der Waals surface area (Å²) in [5.41, 5.74) is 2.59. The summed E-state index contributed by atoms with van der Waals surface area (Å²) in [5, 5.41) is 7.23. The number of rotatable bonds is 5. The SMILES string of the molecule is Cc1cc(Nc2ncn(-c3cc(F)cc(F)c3F)n2)cc(N2CCN(C3COC3)CC2)c1.[HH]. The van der Waals surface area contributed by atoms with Crippen LogP contribution in [-0.2, 0) is 4.74 Å². The number of nitrogens with one attached hydrogen (secondary N) is 1. The van der Waals surface area contributed by atoms with Gasteiger partial charge >= 0.3 is 0 Å². The van der Waals surface area contributed by atoms with Crippen LogP contribution in [-0.4, -0.2) is 65.1 Å². The van der Waals surface area contributed by atoms with Gasteiger partial charge in [0.05, 0.1) is 19.3 Å². The second-order valence-corrected chi connectivity index (χ2v) is 8.13. The fourth-order valence-corrected chi connectivity index (χ4v) is 4.07. The van der Waals surface area contributed by atoms with Crippen molar-refractivity contribution in [2.45, 2.75) is 13.0 Å². The number of hydrogen-bond donors (Lipinski definition) is 1. The van der Waals surface area contributed by atoms with Crippen LogP contribution in [0.1, 0.15) is 6.99 Å². The van der Waals surface area contributed by atoms with Crippen molar-refractivity contribution in [1.82, 2.24) is 19.7 Å². The zero-order chi connectivity index (χ0) is 22.2. The number of benzene rings is 2. The predicted octanol–water partition coefficient (Wildman–Crippen LogP) is 3.50. The topological polar surface area (TPSA) is 58.5 Å². The zero-order valence-corrected chi connectivity index (χ0v) is 17.6. The summed E-state index contributed by atoms with van der Waals surface area (Å²) in [6, 6.07) is 8.00. The normalized spacial score (nSPS) is 17.4. The highest BCUT2D eigenvalue weighted by atomic mass is 19.2. The molecule has 1 N–H and O–H groups in total. The average molecular weight is 446 g/mol. The van der Waals surface area contributed by atoms with Crippen LogP contribution in [0.5, 0.6) is 0 Å². The molecule has 10 heteroatoms. The Morgan fingerprint density at radius 1 is 1.03 bits per heavy atom. The minimum absolute atomic E-state index is 0. The van der Waals surface area contributed by atoms with E-state index in [0.29, 0.717) is 12.1 Å². The second-order valence-electron chi connectivity index (χ2n) is 8.13. The first-order valence-corrected chi connectivity index (χ1v) is 10.5. The van der Waals surface area contributed by atoms with E-state index in [2.05, 4.69) is 31.3 Å². The van der Waals surface area contributed by atoms with Gasteiger partial charge in [-0.05, 0) is 30.7 Å². The van der Waals surface area contributed by atoms with E-state index in [4.69, 9.17) is 4.74 Å². The van der Waals surface area contributed by atoms with E-state index in [-0.39, 0.29) is 13.1 Å². The molecule has 0 saturated carbocycles. The Hall–Kier alpha value is -3.11. The van der Waals surface area contributed by atoms with Crippen molar-refractivity contribution in [2.75, 3.05) is 49.6 Å². The van der Waals surface area contributed by atoms with E-state index in [9.17, 15) is 13.2 Å². The molecule has 0 atom stereocenters. The predicted molar refractivity (Wildman–Crippen MR) is 116 cm³/mol. The van der Waals surface area contributed by atoms with Crippen LogP contribution in [0.4, 0.5) is 30.5 Å². The highest BCUT2D eigenvalue weighted by Gasteiger charge is 2.29. The molecule has 0 radical (unpaired) electrons. The van der Waals surface area contributed by atoms with Crippen LogP contribution in [0.25, 0.3) is 5.69 Å². The van der Waals surface area contributed by atoms with Gasteiger partial charge in [0, 0.05) is 51.1 Å². The first-order valence-electron chi connectivity index (χ1n) is 10.5. The van der Waals surface area contributed by atoms with Gasteiger partial charge in [-0.25, -0.2) is 17.9 Å². The van der Waals surface area contributed by atoms with Crippen molar-refractivity contribution in [3.63, 3.8) is 0 Å². The number of aromatic nitrogens is 3. The van der Waals surface area contributed by atoms with Crippen LogP contribution in [0.2, 0.25) is 0 Å². The highest BCUT2D eigenvalue weighted by Crippen LogP contribution is 2.26. The van der Waals surface area contributed by atoms with Crippen LogP contribution < -0.4 is 10.2 Å². The number of hydrogen-bond acceptors (Lipinski definition) is 6. The number of piperazine rings is 1. The molecular formula is C22H25F3N6O. The van der Waals surface area contributed by atoms with Crippen molar-refractivity contribution in [2.24, 2.45) is 0 Å². The smallest absolute Gasteiger partial charge is 0.246 e. The summed E-state index contributed by atoms with van der Waals surface area (Å²) >= 11 is 0. The average Bonchev–Trinajstić information content (AvgIpc) is 3.17. The Balaban J connectivity index is 0.00000259. The Kier molecular flexibility index (Phi) is 5.48. The van der Waals surface area contributed by atoms with E-state index >= 15 is 0 Å². The van der Waals surface area contributed by atoms with Gasteiger partial charge < -0.3 is 15.0 Å². The van der Waals surface area contributed by atoms with E-state index in [1.807, 2.05) is 19.1 Å². The lowest BCUT2D eigenvalue weighted by Crippen LogP contribution is -2.56. The molecule has 2 saturated heterocycles. The number of aryl methyl sites for hydroxylation is 1. The van der Waals surface area contributed by atoms with Gasteiger partial charge in [-0.2, -0.15) is 4.98 Å². The van der Waals surface area contributed by atoms with Crippen molar-refractivity contribution >= 4 is 17.3 Å². The first-order chi connectivity index (χ1) is 15.5. The van der Waals surface area contributed by atoms with E-state index < -0.39 is 17.5 Å². The molecule has 0 unspecified atom stereocenters. The van der Waals surface area contributed by atoms with Crippen molar-refractivity contribution in [1.29, 1.82) is 0 Å². The lowest BCUT2D eigenvalue weighted by Gasteiger charge is -2.43. The molecule has 2 aromatic carbocycles. The number of nitrogens with zero attached hydrogens (tertiary/aromatic N) is 5. The zero-order valence-electron chi connectivity index (χ0n) is 17.6. The molecule has 5 rings (SSSR count). The molecule has 2 fully saturated rings. The van der Waals surface area contributed by atoms with E-state index in [1.54, 1.807) is 0 Å². The monoisotopic (exact) mass is 446 g/mol. The third kappa shape index (κ3) is 4.15. The Morgan fingerprint density at radius 2 is 1.81 bits per heavy atom. The molecule has 3 heterocycles. The van der Waals surface area contributed by atoms with Crippen LogP contribution in [0.3, 0.4) is 0 Å². The van der Waals surface area contributed by atoms with Gasteiger partial charge in [-0.1, -0.05) is 0 Å². The third-order valence-corrected chi connectivity index (χ3v) is 5.85. The highest BCUT2D eigenvalue weighted by molar-refractivity contribution is 5.64. The first kappa shape index (κ1) is 20.8. The summed E-state index contributed by atoms with van der Waals surface area (Å²) < 4.78 is 47.4. The molecule has 0 aliphatic carbocycles. The fourth-order valence-electron chi connectivity index (χ4n) is 4.07. The Labute approximate surface area is 184 Å². The van der Waals surface area contributed by atoms with Gasteiger partial charge in [0.25, 0.3) is 0 Å².